The molecule has 0 spiro atoms. The van der Waals surface area contributed by atoms with Gasteiger partial charge in [0.15, 0.2) is 0 Å². The fourth-order valence-corrected chi connectivity index (χ4v) is 5.18. The topological polar surface area (TPSA) is 44.6 Å². The van der Waals surface area contributed by atoms with Crippen LogP contribution in [0.15, 0.2) is 72.8 Å². The Hall–Kier alpha value is -3.70. The summed E-state index contributed by atoms with van der Waals surface area (Å²) in [6.07, 6.45) is 3.22. The fraction of sp³-hybridized carbons (Fsp3) is 0.290. The van der Waals surface area contributed by atoms with Crippen molar-refractivity contribution in [3.05, 3.63) is 78.5 Å². The van der Waals surface area contributed by atoms with E-state index in [1.807, 2.05) is 12.1 Å². The first kappa shape index (κ1) is 24.0. The van der Waals surface area contributed by atoms with Gasteiger partial charge in [-0.05, 0) is 72.4 Å². The molecular weight excluding hydrogens is 448 g/mol. The summed E-state index contributed by atoms with van der Waals surface area (Å²) in [6.45, 7) is 2.69. The Kier molecular flexibility index (Phi) is 7.28. The molecule has 0 aliphatic carbocycles. The number of nitrogens with zero attached hydrogens (tertiary/aromatic N) is 1. The zero-order valence-corrected chi connectivity index (χ0v) is 21.3. The number of methoxy groups -OCH3 is 3. The summed E-state index contributed by atoms with van der Waals surface area (Å²) in [5, 5.41) is 3.50. The molecule has 1 aliphatic rings. The van der Waals surface area contributed by atoms with E-state index in [9.17, 15) is 0 Å². The van der Waals surface area contributed by atoms with Crippen molar-refractivity contribution in [3.63, 3.8) is 0 Å². The molecule has 5 rings (SSSR count). The molecule has 1 N–H and O–H groups in total. The third-order valence-corrected chi connectivity index (χ3v) is 6.94. The highest BCUT2D eigenvalue weighted by Crippen LogP contribution is 2.47. The van der Waals surface area contributed by atoms with Gasteiger partial charge in [0.1, 0.15) is 11.5 Å². The molecule has 186 valence electrons. The van der Waals surface area contributed by atoms with Crippen LogP contribution in [0.1, 0.15) is 18.5 Å². The van der Waals surface area contributed by atoms with E-state index < -0.39 is 0 Å². The first-order valence-electron chi connectivity index (χ1n) is 12.6. The number of fused-ring (bicyclic) bond motifs is 1. The number of hydrogen-bond donors (Lipinski definition) is 1. The Morgan fingerprint density at radius 2 is 1.31 bits per heavy atom. The Morgan fingerprint density at radius 3 is 1.89 bits per heavy atom. The van der Waals surface area contributed by atoms with Gasteiger partial charge in [-0.25, -0.2) is 0 Å². The fourth-order valence-electron chi connectivity index (χ4n) is 5.18. The average molecular weight is 483 g/mol. The molecule has 1 aliphatic heterocycles. The van der Waals surface area contributed by atoms with Crippen LogP contribution in [-0.2, 0) is 17.7 Å². The van der Waals surface area contributed by atoms with Crippen LogP contribution in [0.25, 0.3) is 33.5 Å². The number of benzene rings is 3. The van der Waals surface area contributed by atoms with Gasteiger partial charge in [0.25, 0.3) is 0 Å². The first-order valence-corrected chi connectivity index (χ1v) is 12.6. The predicted molar refractivity (Wildman–Crippen MR) is 147 cm³/mol. The van der Waals surface area contributed by atoms with Crippen molar-refractivity contribution in [1.82, 2.24) is 4.57 Å². The summed E-state index contributed by atoms with van der Waals surface area (Å²) in [6, 6.07) is 25.7. The summed E-state index contributed by atoms with van der Waals surface area (Å²) in [5.74, 6) is 1.73. The molecule has 0 radical (unpaired) electrons. The number of nitrogens with one attached hydrogen (secondary N) is 1. The molecule has 36 heavy (non-hydrogen) atoms. The second-order valence-electron chi connectivity index (χ2n) is 9.11. The van der Waals surface area contributed by atoms with E-state index in [0.29, 0.717) is 0 Å². The lowest BCUT2D eigenvalue weighted by Crippen LogP contribution is -2.04. The number of aromatic nitrogens is 1. The molecule has 5 nitrogen and oxygen atoms in total. The van der Waals surface area contributed by atoms with E-state index in [-0.39, 0.29) is 0 Å². The predicted octanol–water partition coefficient (Wildman–Crippen LogP) is 6.90. The van der Waals surface area contributed by atoms with E-state index in [2.05, 4.69) is 70.5 Å². The Morgan fingerprint density at radius 1 is 0.722 bits per heavy atom. The van der Waals surface area contributed by atoms with Crippen LogP contribution in [0.3, 0.4) is 0 Å². The highest BCUT2D eigenvalue weighted by Gasteiger charge is 2.28. The summed E-state index contributed by atoms with van der Waals surface area (Å²) in [4.78, 5) is 0. The van der Waals surface area contributed by atoms with Crippen molar-refractivity contribution in [2.75, 3.05) is 39.8 Å². The van der Waals surface area contributed by atoms with Crippen molar-refractivity contribution >= 4 is 5.69 Å². The Balaban J connectivity index is 1.62. The third kappa shape index (κ3) is 4.71. The second kappa shape index (κ2) is 10.9. The minimum absolute atomic E-state index is 0.765. The van der Waals surface area contributed by atoms with Crippen LogP contribution >= 0.6 is 0 Å². The monoisotopic (exact) mass is 482 g/mol. The molecule has 0 saturated carbocycles. The van der Waals surface area contributed by atoms with Gasteiger partial charge in [-0.1, -0.05) is 36.4 Å². The summed E-state index contributed by atoms with van der Waals surface area (Å²) in [5.41, 5.74) is 10.0. The normalized spacial score (nSPS) is 12.4. The molecule has 0 fully saturated rings. The van der Waals surface area contributed by atoms with Crippen LogP contribution in [0, 0.1) is 0 Å². The van der Waals surface area contributed by atoms with E-state index in [0.717, 1.165) is 56.1 Å². The Bertz CT molecular complexity index is 1290. The van der Waals surface area contributed by atoms with Crippen LogP contribution in [0.4, 0.5) is 5.69 Å². The molecule has 1 aromatic heterocycles. The van der Waals surface area contributed by atoms with E-state index in [4.69, 9.17) is 14.2 Å². The SMILES string of the molecule is COCCCNc1ccc(-c2c(-c3ccc(OC)cc3)c(-c3ccc(OC)cc3)c3n2CCC3)cc1. The molecule has 4 aromatic rings. The van der Waals surface area contributed by atoms with E-state index >= 15 is 0 Å². The molecular formula is C31H34N2O3. The number of ether oxygens (including phenoxy) is 3. The maximum atomic E-state index is 5.45. The lowest BCUT2D eigenvalue weighted by Gasteiger charge is -2.14. The minimum atomic E-state index is 0.765. The lowest BCUT2D eigenvalue weighted by atomic mass is 9.92. The maximum Gasteiger partial charge on any atom is 0.118 e. The van der Waals surface area contributed by atoms with E-state index in [1.54, 1.807) is 21.3 Å². The zero-order valence-electron chi connectivity index (χ0n) is 21.3. The molecule has 0 unspecified atom stereocenters. The van der Waals surface area contributed by atoms with Gasteiger partial charge < -0.3 is 24.1 Å². The van der Waals surface area contributed by atoms with Gasteiger partial charge in [-0.15, -0.1) is 0 Å². The minimum Gasteiger partial charge on any atom is -0.497 e. The summed E-state index contributed by atoms with van der Waals surface area (Å²) >= 11 is 0. The molecule has 5 heteroatoms. The van der Waals surface area contributed by atoms with Gasteiger partial charge in [0, 0.05) is 49.3 Å². The number of anilines is 1. The second-order valence-corrected chi connectivity index (χ2v) is 9.11. The van der Waals surface area contributed by atoms with E-state index in [1.165, 1.54) is 39.2 Å². The molecule has 0 amide bonds. The van der Waals surface area contributed by atoms with Crippen LogP contribution in [-0.4, -0.2) is 39.0 Å². The lowest BCUT2D eigenvalue weighted by molar-refractivity contribution is 0.198. The molecule has 0 saturated heterocycles. The van der Waals surface area contributed by atoms with Crippen molar-refractivity contribution in [3.8, 4) is 45.0 Å². The average Bonchev–Trinajstić information content (AvgIpc) is 3.52. The van der Waals surface area contributed by atoms with Gasteiger partial charge in [0.2, 0.25) is 0 Å². The molecule has 2 heterocycles. The number of rotatable bonds is 10. The molecule has 0 bridgehead atoms. The van der Waals surface area contributed by atoms with Gasteiger partial charge >= 0.3 is 0 Å². The first-order chi connectivity index (χ1) is 17.7. The largest absolute Gasteiger partial charge is 0.497 e. The van der Waals surface area contributed by atoms with Crippen LogP contribution < -0.4 is 14.8 Å². The quantitative estimate of drug-likeness (QED) is 0.250. The Labute approximate surface area is 213 Å². The highest BCUT2D eigenvalue weighted by atomic mass is 16.5. The zero-order chi connectivity index (χ0) is 24.9. The van der Waals surface area contributed by atoms with Crippen molar-refractivity contribution in [2.24, 2.45) is 0 Å². The summed E-state index contributed by atoms with van der Waals surface area (Å²) in [7, 11) is 5.16. The van der Waals surface area contributed by atoms with Crippen molar-refractivity contribution in [2.45, 2.75) is 25.8 Å². The van der Waals surface area contributed by atoms with Gasteiger partial charge in [-0.3, -0.25) is 0 Å². The maximum absolute atomic E-state index is 5.45. The van der Waals surface area contributed by atoms with Crippen LogP contribution in [0.5, 0.6) is 11.5 Å². The van der Waals surface area contributed by atoms with Crippen LogP contribution in [0.2, 0.25) is 0 Å². The third-order valence-electron chi connectivity index (χ3n) is 6.94. The summed E-state index contributed by atoms with van der Waals surface area (Å²) < 4.78 is 18.6. The smallest absolute Gasteiger partial charge is 0.118 e. The van der Waals surface area contributed by atoms with Gasteiger partial charge in [0.05, 0.1) is 19.9 Å². The van der Waals surface area contributed by atoms with Crippen molar-refractivity contribution < 1.29 is 14.2 Å². The molecule has 3 aromatic carbocycles. The highest BCUT2D eigenvalue weighted by molar-refractivity contribution is 5.96. The molecule has 0 atom stereocenters. The standard InChI is InChI=1S/C31H34N2O3/c1-34-21-5-19-32-25-13-7-24(8-14-25)31-30(23-11-17-27(36-3)18-12-23)29(28-6-4-20-33(28)31)22-9-15-26(35-2)16-10-22/h7-18,32H,4-6,19-21H2,1-3H3. The van der Waals surface area contributed by atoms with Crippen molar-refractivity contribution in [1.29, 1.82) is 0 Å². The van der Waals surface area contributed by atoms with Gasteiger partial charge in [-0.2, -0.15) is 0 Å². The number of hydrogen-bond acceptors (Lipinski definition) is 4.